The highest BCUT2D eigenvalue weighted by molar-refractivity contribution is 5.82. The molecule has 0 radical (unpaired) electrons. The smallest absolute Gasteiger partial charge is 0.224 e. The Kier molecular flexibility index (Phi) is 3.05. The number of nitrogens with two attached hydrogens (primary N) is 1. The first-order valence-electron chi connectivity index (χ1n) is 8.17. The molecule has 0 unspecified atom stereocenters. The number of nitrogens with one attached hydrogen (secondary N) is 1. The number of aromatic amines is 1. The normalized spacial score (nSPS) is 11.6. The van der Waals surface area contributed by atoms with Gasteiger partial charge in [0.05, 0.1) is 17.9 Å². The minimum absolute atomic E-state index is 0.185. The highest BCUT2D eigenvalue weighted by Crippen LogP contribution is 2.25. The lowest BCUT2D eigenvalue weighted by molar-refractivity contribution is 0.541. The SMILES string of the molecule is Cc1ccc(-c2nc(N)nc3c(Cc4cccc5[nH]ncc45)cnn23)o1. The highest BCUT2D eigenvalue weighted by Gasteiger charge is 2.16. The molecule has 3 N–H and O–H groups in total. The Hall–Kier alpha value is -3.68. The Balaban J connectivity index is 1.66. The van der Waals surface area contributed by atoms with Gasteiger partial charge in [0.25, 0.3) is 0 Å². The van der Waals surface area contributed by atoms with E-state index in [0.29, 0.717) is 23.7 Å². The van der Waals surface area contributed by atoms with Gasteiger partial charge in [-0.2, -0.15) is 24.7 Å². The third kappa shape index (κ3) is 2.23. The van der Waals surface area contributed by atoms with E-state index in [1.54, 1.807) is 10.7 Å². The van der Waals surface area contributed by atoms with Crippen molar-refractivity contribution < 1.29 is 4.42 Å². The molecule has 0 saturated heterocycles. The molecule has 0 atom stereocenters. The summed E-state index contributed by atoms with van der Waals surface area (Å²) < 4.78 is 7.35. The van der Waals surface area contributed by atoms with Crippen molar-refractivity contribution in [3.8, 4) is 11.6 Å². The second-order valence-electron chi connectivity index (χ2n) is 6.15. The summed E-state index contributed by atoms with van der Waals surface area (Å²) in [5, 5.41) is 12.7. The van der Waals surface area contributed by atoms with E-state index in [9.17, 15) is 0 Å². The van der Waals surface area contributed by atoms with Crippen molar-refractivity contribution in [3.05, 3.63) is 59.6 Å². The van der Waals surface area contributed by atoms with E-state index >= 15 is 0 Å². The van der Waals surface area contributed by atoms with Crippen molar-refractivity contribution in [1.29, 1.82) is 0 Å². The van der Waals surface area contributed by atoms with E-state index in [0.717, 1.165) is 27.8 Å². The van der Waals surface area contributed by atoms with Crippen LogP contribution in [-0.2, 0) is 6.42 Å². The van der Waals surface area contributed by atoms with Crippen molar-refractivity contribution in [3.63, 3.8) is 0 Å². The van der Waals surface area contributed by atoms with Gasteiger partial charge in [0.1, 0.15) is 5.76 Å². The van der Waals surface area contributed by atoms with Crippen LogP contribution in [0.15, 0.2) is 47.1 Å². The third-order valence-corrected chi connectivity index (χ3v) is 4.38. The molecular weight excluding hydrogens is 330 g/mol. The Morgan fingerprint density at radius 3 is 2.88 bits per heavy atom. The summed E-state index contributed by atoms with van der Waals surface area (Å²) in [6.07, 6.45) is 4.28. The number of rotatable bonds is 3. The van der Waals surface area contributed by atoms with Gasteiger partial charge in [-0.05, 0) is 30.7 Å². The fraction of sp³-hybridized carbons (Fsp3) is 0.111. The number of furan rings is 1. The van der Waals surface area contributed by atoms with E-state index in [4.69, 9.17) is 10.2 Å². The number of aromatic nitrogens is 6. The minimum atomic E-state index is 0.185. The standard InChI is InChI=1S/C18H15N7O/c1-10-5-6-15(26-10)17-23-18(19)22-16-12(8-21-25(16)17)7-11-3-2-4-14-13(11)9-20-24-14/h2-6,8-9H,7H2,1H3,(H2,19,22)(H,20,24). The van der Waals surface area contributed by atoms with Gasteiger partial charge in [0, 0.05) is 17.4 Å². The fourth-order valence-corrected chi connectivity index (χ4v) is 3.17. The van der Waals surface area contributed by atoms with Gasteiger partial charge in [-0.1, -0.05) is 12.1 Å². The van der Waals surface area contributed by atoms with Crippen molar-refractivity contribution in [2.45, 2.75) is 13.3 Å². The summed E-state index contributed by atoms with van der Waals surface area (Å²) >= 11 is 0. The monoisotopic (exact) mass is 345 g/mol. The summed E-state index contributed by atoms with van der Waals surface area (Å²) in [4.78, 5) is 8.70. The molecule has 0 aliphatic heterocycles. The first-order valence-corrected chi connectivity index (χ1v) is 8.17. The van der Waals surface area contributed by atoms with Crippen LogP contribution >= 0.6 is 0 Å². The van der Waals surface area contributed by atoms with Gasteiger partial charge in [0.15, 0.2) is 11.4 Å². The van der Waals surface area contributed by atoms with Gasteiger partial charge in [-0.25, -0.2) is 0 Å². The van der Waals surface area contributed by atoms with Crippen LogP contribution in [0.4, 0.5) is 5.95 Å². The molecular formula is C18H15N7O. The number of H-pyrrole nitrogens is 1. The van der Waals surface area contributed by atoms with Crippen LogP contribution in [-0.4, -0.2) is 29.8 Å². The Labute approximate surface area is 147 Å². The number of anilines is 1. The van der Waals surface area contributed by atoms with Crippen molar-refractivity contribution in [2.24, 2.45) is 0 Å². The van der Waals surface area contributed by atoms with Crippen LogP contribution in [0.1, 0.15) is 16.9 Å². The number of aryl methyl sites for hydroxylation is 1. The van der Waals surface area contributed by atoms with Crippen LogP contribution in [0.2, 0.25) is 0 Å². The van der Waals surface area contributed by atoms with Gasteiger partial charge < -0.3 is 10.2 Å². The summed E-state index contributed by atoms with van der Waals surface area (Å²) in [6, 6.07) is 9.80. The lowest BCUT2D eigenvalue weighted by atomic mass is 10.0. The second kappa shape index (κ2) is 5.41. The fourth-order valence-electron chi connectivity index (χ4n) is 3.17. The molecule has 0 amide bonds. The first-order chi connectivity index (χ1) is 12.7. The molecule has 0 aliphatic rings. The molecule has 5 rings (SSSR count). The van der Waals surface area contributed by atoms with Gasteiger partial charge in [0.2, 0.25) is 11.8 Å². The number of nitrogen functional groups attached to an aromatic ring is 1. The quantitative estimate of drug-likeness (QED) is 0.520. The molecule has 26 heavy (non-hydrogen) atoms. The Morgan fingerprint density at radius 2 is 2.04 bits per heavy atom. The zero-order chi connectivity index (χ0) is 17.7. The summed E-state index contributed by atoms with van der Waals surface area (Å²) in [5.41, 5.74) is 9.71. The maximum atomic E-state index is 5.94. The Bertz CT molecular complexity index is 1250. The third-order valence-electron chi connectivity index (χ3n) is 4.38. The van der Waals surface area contributed by atoms with Crippen LogP contribution in [0, 0.1) is 6.92 Å². The summed E-state index contributed by atoms with van der Waals surface area (Å²) in [5.74, 6) is 2.12. The molecule has 5 aromatic rings. The van der Waals surface area contributed by atoms with Crippen LogP contribution in [0.3, 0.4) is 0 Å². The van der Waals surface area contributed by atoms with Crippen LogP contribution in [0.5, 0.6) is 0 Å². The Morgan fingerprint density at radius 1 is 1.12 bits per heavy atom. The number of hydrogen-bond acceptors (Lipinski definition) is 6. The number of benzene rings is 1. The van der Waals surface area contributed by atoms with Crippen LogP contribution < -0.4 is 5.73 Å². The summed E-state index contributed by atoms with van der Waals surface area (Å²) in [7, 11) is 0. The van der Waals surface area contributed by atoms with E-state index in [1.807, 2.05) is 37.4 Å². The maximum absolute atomic E-state index is 5.94. The van der Waals surface area contributed by atoms with Gasteiger partial charge in [-0.15, -0.1) is 0 Å². The van der Waals surface area contributed by atoms with E-state index in [2.05, 4.69) is 31.3 Å². The van der Waals surface area contributed by atoms with Crippen molar-refractivity contribution >= 4 is 22.5 Å². The average Bonchev–Trinajstić information content (AvgIpc) is 3.35. The minimum Gasteiger partial charge on any atom is -0.458 e. The van der Waals surface area contributed by atoms with Crippen LogP contribution in [0.25, 0.3) is 28.1 Å². The molecule has 8 nitrogen and oxygen atoms in total. The predicted molar refractivity (Wildman–Crippen MR) is 96.5 cm³/mol. The second-order valence-corrected chi connectivity index (χ2v) is 6.15. The zero-order valence-electron chi connectivity index (χ0n) is 14.0. The molecule has 1 aromatic carbocycles. The lowest BCUT2D eigenvalue weighted by Gasteiger charge is -2.04. The predicted octanol–water partition coefficient (Wildman–Crippen LogP) is 2.74. The average molecular weight is 345 g/mol. The molecule has 0 spiro atoms. The maximum Gasteiger partial charge on any atom is 0.224 e. The topological polar surface area (TPSA) is 111 Å². The van der Waals surface area contributed by atoms with Gasteiger partial charge >= 0.3 is 0 Å². The molecule has 0 bridgehead atoms. The lowest BCUT2D eigenvalue weighted by Crippen LogP contribution is -2.05. The molecule has 128 valence electrons. The van der Waals surface area contributed by atoms with E-state index in [1.165, 1.54) is 0 Å². The molecule has 0 aliphatic carbocycles. The summed E-state index contributed by atoms with van der Waals surface area (Å²) in [6.45, 7) is 1.88. The van der Waals surface area contributed by atoms with Crippen molar-refractivity contribution in [1.82, 2.24) is 29.8 Å². The largest absolute Gasteiger partial charge is 0.458 e. The van der Waals surface area contributed by atoms with E-state index < -0.39 is 0 Å². The number of fused-ring (bicyclic) bond motifs is 2. The molecule has 0 fully saturated rings. The molecule has 0 saturated carbocycles. The van der Waals surface area contributed by atoms with E-state index in [-0.39, 0.29) is 5.95 Å². The highest BCUT2D eigenvalue weighted by atomic mass is 16.3. The molecule has 4 aromatic heterocycles. The van der Waals surface area contributed by atoms with Crippen molar-refractivity contribution in [2.75, 3.05) is 5.73 Å². The molecule has 4 heterocycles. The molecule has 8 heteroatoms. The number of hydrogen-bond donors (Lipinski definition) is 2. The zero-order valence-corrected chi connectivity index (χ0v) is 14.0. The first kappa shape index (κ1) is 14.6. The van der Waals surface area contributed by atoms with Gasteiger partial charge in [-0.3, -0.25) is 5.10 Å². The number of nitrogens with zero attached hydrogens (tertiary/aromatic N) is 5.